The molecule has 0 aliphatic heterocycles. The number of aryl methyl sites for hydroxylation is 2. The summed E-state index contributed by atoms with van der Waals surface area (Å²) in [7, 11) is 0. The van der Waals surface area contributed by atoms with Gasteiger partial charge < -0.3 is 9.84 Å². The summed E-state index contributed by atoms with van der Waals surface area (Å²) in [6.45, 7) is 4.90. The largest absolute Gasteiger partial charge is 0.361 e. The molecule has 0 aromatic carbocycles. The molecule has 0 bridgehead atoms. The Morgan fingerprint density at radius 3 is 2.75 bits per heavy atom. The molecule has 24 heavy (non-hydrogen) atoms. The summed E-state index contributed by atoms with van der Waals surface area (Å²) in [5.41, 5.74) is 1.73. The average Bonchev–Trinajstić information content (AvgIpc) is 3.17. The number of carbonyl (C=O) groups is 1. The Morgan fingerprint density at radius 2 is 2.12 bits per heavy atom. The van der Waals surface area contributed by atoms with Gasteiger partial charge in [-0.25, -0.2) is 4.68 Å². The summed E-state index contributed by atoms with van der Waals surface area (Å²) in [5, 5.41) is 18.3. The summed E-state index contributed by atoms with van der Waals surface area (Å²) < 4.78 is 6.88. The molecule has 3 rings (SSSR count). The zero-order valence-electron chi connectivity index (χ0n) is 14.3. The van der Waals surface area contributed by atoms with Crippen molar-refractivity contribution in [1.29, 1.82) is 0 Å². The SMILES string of the molecule is Cc1noc(C)c1CNC(=O)CC1(Cn2cnnn2)CCCCC1. The minimum Gasteiger partial charge on any atom is -0.361 e. The number of carbonyl (C=O) groups excluding carboxylic acids is 1. The van der Waals surface area contributed by atoms with Crippen LogP contribution in [0.4, 0.5) is 0 Å². The van der Waals surface area contributed by atoms with E-state index in [0.29, 0.717) is 19.5 Å². The van der Waals surface area contributed by atoms with Gasteiger partial charge in [-0.2, -0.15) is 0 Å². The number of hydrogen-bond acceptors (Lipinski definition) is 6. The van der Waals surface area contributed by atoms with Crippen molar-refractivity contribution in [1.82, 2.24) is 30.7 Å². The molecule has 0 unspecified atom stereocenters. The standard InChI is InChI=1S/C16H24N6O2/c1-12-14(13(2)24-19-12)9-17-15(23)8-16(6-4-3-5-7-16)10-22-11-18-20-21-22/h11H,3-10H2,1-2H3,(H,17,23). The Bertz CT molecular complexity index is 653. The number of nitrogens with zero attached hydrogens (tertiary/aromatic N) is 5. The predicted molar refractivity (Wildman–Crippen MR) is 85.8 cm³/mol. The number of amides is 1. The molecule has 2 heterocycles. The second-order valence-electron chi connectivity index (χ2n) is 6.82. The van der Waals surface area contributed by atoms with Crippen molar-refractivity contribution in [2.24, 2.45) is 5.41 Å². The molecule has 2 aromatic rings. The summed E-state index contributed by atoms with van der Waals surface area (Å²) in [5.74, 6) is 0.818. The first-order valence-electron chi connectivity index (χ1n) is 8.47. The van der Waals surface area contributed by atoms with Crippen molar-refractivity contribution in [2.75, 3.05) is 0 Å². The predicted octanol–water partition coefficient (Wildman–Crippen LogP) is 1.93. The lowest BCUT2D eigenvalue weighted by atomic mass is 9.71. The van der Waals surface area contributed by atoms with Gasteiger partial charge in [-0.1, -0.05) is 24.4 Å². The van der Waals surface area contributed by atoms with Gasteiger partial charge in [0.05, 0.1) is 12.2 Å². The normalized spacial score (nSPS) is 16.9. The van der Waals surface area contributed by atoms with E-state index in [2.05, 4.69) is 26.0 Å². The lowest BCUT2D eigenvalue weighted by molar-refractivity contribution is -0.124. The zero-order chi connectivity index (χ0) is 17.0. The monoisotopic (exact) mass is 332 g/mol. The van der Waals surface area contributed by atoms with Crippen LogP contribution in [0.25, 0.3) is 0 Å². The lowest BCUT2D eigenvalue weighted by Crippen LogP contribution is -2.36. The molecule has 1 amide bonds. The fourth-order valence-electron chi connectivity index (χ4n) is 3.63. The molecule has 1 aliphatic carbocycles. The Kier molecular flexibility index (Phi) is 4.92. The minimum absolute atomic E-state index is 0.0591. The molecule has 0 spiro atoms. The Labute approximate surface area is 141 Å². The van der Waals surface area contributed by atoms with Gasteiger partial charge in [0.2, 0.25) is 5.91 Å². The van der Waals surface area contributed by atoms with Crippen molar-refractivity contribution in [3.63, 3.8) is 0 Å². The van der Waals surface area contributed by atoms with Crippen LogP contribution in [0.5, 0.6) is 0 Å². The third-order valence-corrected chi connectivity index (χ3v) is 4.98. The number of rotatable bonds is 6. The van der Waals surface area contributed by atoms with E-state index in [4.69, 9.17) is 4.52 Å². The third kappa shape index (κ3) is 3.80. The van der Waals surface area contributed by atoms with E-state index in [1.165, 1.54) is 6.42 Å². The number of tetrazole rings is 1. The highest BCUT2D eigenvalue weighted by Gasteiger charge is 2.35. The van der Waals surface area contributed by atoms with Gasteiger partial charge in [-0.15, -0.1) is 5.10 Å². The molecule has 0 saturated heterocycles. The van der Waals surface area contributed by atoms with Crippen LogP contribution in [0.2, 0.25) is 0 Å². The summed E-state index contributed by atoms with van der Waals surface area (Å²) in [6, 6.07) is 0. The van der Waals surface area contributed by atoms with E-state index in [-0.39, 0.29) is 11.3 Å². The topological polar surface area (TPSA) is 98.7 Å². The van der Waals surface area contributed by atoms with Crippen molar-refractivity contribution >= 4 is 5.91 Å². The Morgan fingerprint density at radius 1 is 1.33 bits per heavy atom. The molecule has 8 heteroatoms. The maximum atomic E-state index is 12.5. The minimum atomic E-state index is -0.0591. The van der Waals surface area contributed by atoms with Crippen LogP contribution in [-0.4, -0.2) is 31.3 Å². The van der Waals surface area contributed by atoms with Crippen molar-refractivity contribution < 1.29 is 9.32 Å². The highest BCUT2D eigenvalue weighted by Crippen LogP contribution is 2.40. The summed E-state index contributed by atoms with van der Waals surface area (Å²) in [6.07, 6.45) is 7.72. The molecule has 1 aliphatic rings. The van der Waals surface area contributed by atoms with Crippen molar-refractivity contribution in [2.45, 2.75) is 65.5 Å². The van der Waals surface area contributed by atoms with Gasteiger partial charge in [0.15, 0.2) is 0 Å². The highest BCUT2D eigenvalue weighted by molar-refractivity contribution is 5.76. The van der Waals surface area contributed by atoms with Gasteiger partial charge in [0, 0.05) is 18.5 Å². The molecule has 0 atom stereocenters. The van der Waals surface area contributed by atoms with E-state index in [1.807, 2.05) is 13.8 Å². The zero-order valence-corrected chi connectivity index (χ0v) is 14.3. The first kappa shape index (κ1) is 16.6. The van der Waals surface area contributed by atoms with E-state index in [0.717, 1.165) is 42.7 Å². The molecular formula is C16H24N6O2. The highest BCUT2D eigenvalue weighted by atomic mass is 16.5. The second-order valence-corrected chi connectivity index (χ2v) is 6.82. The molecule has 1 N–H and O–H groups in total. The quantitative estimate of drug-likeness (QED) is 0.868. The number of aromatic nitrogens is 5. The summed E-state index contributed by atoms with van der Waals surface area (Å²) >= 11 is 0. The summed E-state index contributed by atoms with van der Waals surface area (Å²) in [4.78, 5) is 12.5. The van der Waals surface area contributed by atoms with Crippen LogP contribution < -0.4 is 5.32 Å². The van der Waals surface area contributed by atoms with Crippen LogP contribution >= 0.6 is 0 Å². The molecule has 2 aromatic heterocycles. The first-order chi connectivity index (χ1) is 11.6. The molecule has 1 fully saturated rings. The van der Waals surface area contributed by atoms with Gasteiger partial charge in [-0.05, 0) is 42.5 Å². The molecular weight excluding hydrogens is 308 g/mol. The number of nitrogens with one attached hydrogen (secondary N) is 1. The molecule has 1 saturated carbocycles. The van der Waals surface area contributed by atoms with E-state index in [9.17, 15) is 4.79 Å². The van der Waals surface area contributed by atoms with Crippen LogP contribution in [0.3, 0.4) is 0 Å². The lowest BCUT2D eigenvalue weighted by Gasteiger charge is -2.36. The fraction of sp³-hybridized carbons (Fsp3) is 0.688. The van der Waals surface area contributed by atoms with Gasteiger partial charge in [-0.3, -0.25) is 4.79 Å². The van der Waals surface area contributed by atoms with Crippen molar-refractivity contribution in [3.8, 4) is 0 Å². The third-order valence-electron chi connectivity index (χ3n) is 4.98. The maximum absolute atomic E-state index is 12.5. The fourth-order valence-corrected chi connectivity index (χ4v) is 3.63. The van der Waals surface area contributed by atoms with E-state index in [1.54, 1.807) is 11.0 Å². The van der Waals surface area contributed by atoms with Crippen molar-refractivity contribution in [3.05, 3.63) is 23.3 Å². The molecule has 0 radical (unpaired) electrons. The Hall–Kier alpha value is -2.25. The second kappa shape index (κ2) is 7.11. The molecule has 130 valence electrons. The van der Waals surface area contributed by atoms with Gasteiger partial charge >= 0.3 is 0 Å². The van der Waals surface area contributed by atoms with Gasteiger partial charge in [0.1, 0.15) is 12.1 Å². The van der Waals surface area contributed by atoms with Crippen LogP contribution in [0.15, 0.2) is 10.9 Å². The van der Waals surface area contributed by atoms with Crippen LogP contribution in [0, 0.1) is 19.3 Å². The van der Waals surface area contributed by atoms with Crippen LogP contribution in [0.1, 0.15) is 55.5 Å². The van der Waals surface area contributed by atoms with E-state index < -0.39 is 0 Å². The number of hydrogen-bond donors (Lipinski definition) is 1. The maximum Gasteiger partial charge on any atom is 0.220 e. The average molecular weight is 332 g/mol. The Balaban J connectivity index is 1.62. The molecule has 8 nitrogen and oxygen atoms in total. The smallest absolute Gasteiger partial charge is 0.220 e. The van der Waals surface area contributed by atoms with Crippen LogP contribution in [-0.2, 0) is 17.9 Å². The first-order valence-corrected chi connectivity index (χ1v) is 8.47. The van der Waals surface area contributed by atoms with E-state index >= 15 is 0 Å². The van der Waals surface area contributed by atoms with Gasteiger partial charge in [0.25, 0.3) is 0 Å².